The van der Waals surface area contributed by atoms with Gasteiger partial charge in [0.15, 0.2) is 5.84 Å². The zero-order valence-corrected chi connectivity index (χ0v) is 11.0. The van der Waals surface area contributed by atoms with Gasteiger partial charge in [-0.05, 0) is 18.2 Å². The van der Waals surface area contributed by atoms with Gasteiger partial charge >= 0.3 is 5.76 Å². The summed E-state index contributed by atoms with van der Waals surface area (Å²) in [4.78, 5) is 0. The van der Waals surface area contributed by atoms with Crippen molar-refractivity contribution in [2.24, 2.45) is 10.9 Å². The highest BCUT2D eigenvalue weighted by molar-refractivity contribution is 9.10. The number of anilines is 1. The largest absolute Gasteiger partial charge is 0.409 e. The van der Waals surface area contributed by atoms with Crippen LogP contribution < -0.4 is 10.5 Å². The van der Waals surface area contributed by atoms with Crippen LogP contribution in [0, 0.1) is 0 Å². The molecule has 10 heteroatoms. The van der Waals surface area contributed by atoms with Crippen LogP contribution in [-0.2, 0) is 10.0 Å². The smallest absolute Gasteiger partial charge is 0.355 e. The molecule has 100 valence electrons. The third-order valence-corrected chi connectivity index (χ3v) is 3.32. The van der Waals surface area contributed by atoms with Gasteiger partial charge in [-0.2, -0.15) is 8.78 Å². The van der Waals surface area contributed by atoms with Crippen molar-refractivity contribution in [3.05, 3.63) is 28.2 Å². The van der Waals surface area contributed by atoms with Crippen LogP contribution in [0.25, 0.3) is 0 Å². The van der Waals surface area contributed by atoms with Crippen molar-refractivity contribution in [1.82, 2.24) is 0 Å². The van der Waals surface area contributed by atoms with E-state index in [4.69, 9.17) is 10.9 Å². The van der Waals surface area contributed by atoms with E-state index in [2.05, 4.69) is 21.1 Å². The highest BCUT2D eigenvalue weighted by Crippen LogP contribution is 2.23. The third-order valence-electron chi connectivity index (χ3n) is 1.85. The fraction of sp³-hybridized carbons (Fsp3) is 0.125. The standard InChI is InChI=1S/C8H8BrF2N3O3S/c9-4-1-2-5(7(12)13-15)6(3-4)14-18(16,17)8(10)11/h1-3,8,14-15H,(H2,12,13). The molecule has 0 aliphatic carbocycles. The van der Waals surface area contributed by atoms with Gasteiger partial charge < -0.3 is 10.9 Å². The molecular weight excluding hydrogens is 336 g/mol. The predicted octanol–water partition coefficient (Wildman–Crippen LogP) is 1.51. The fourth-order valence-electron chi connectivity index (χ4n) is 1.08. The molecule has 0 spiro atoms. The molecule has 0 fully saturated rings. The lowest BCUT2D eigenvalue weighted by Gasteiger charge is -2.11. The molecule has 1 aromatic rings. The summed E-state index contributed by atoms with van der Waals surface area (Å²) in [6.45, 7) is 0. The Morgan fingerprint density at radius 1 is 1.50 bits per heavy atom. The van der Waals surface area contributed by atoms with Crippen LogP contribution in [-0.4, -0.2) is 25.2 Å². The number of halogens is 3. The van der Waals surface area contributed by atoms with Gasteiger partial charge in [-0.25, -0.2) is 8.42 Å². The van der Waals surface area contributed by atoms with Crippen molar-refractivity contribution in [3.8, 4) is 0 Å². The molecule has 0 saturated heterocycles. The van der Waals surface area contributed by atoms with Gasteiger partial charge in [0.2, 0.25) is 0 Å². The maximum Gasteiger partial charge on any atom is 0.355 e. The molecule has 0 bridgehead atoms. The Morgan fingerprint density at radius 3 is 2.61 bits per heavy atom. The van der Waals surface area contributed by atoms with Crippen molar-refractivity contribution >= 4 is 37.5 Å². The summed E-state index contributed by atoms with van der Waals surface area (Å²) in [5, 5.41) is 11.2. The second-order valence-corrected chi connectivity index (χ2v) is 5.65. The lowest BCUT2D eigenvalue weighted by atomic mass is 10.2. The quantitative estimate of drug-likeness (QED) is 0.333. The van der Waals surface area contributed by atoms with Crippen LogP contribution in [0.2, 0.25) is 0 Å². The van der Waals surface area contributed by atoms with Gasteiger partial charge in [0.1, 0.15) is 0 Å². The Bertz CT molecular complexity index is 577. The van der Waals surface area contributed by atoms with Crippen molar-refractivity contribution in [1.29, 1.82) is 0 Å². The average molecular weight is 344 g/mol. The summed E-state index contributed by atoms with van der Waals surface area (Å²) < 4.78 is 48.7. The first-order valence-corrected chi connectivity index (χ1v) is 6.69. The molecule has 0 aliphatic heterocycles. The van der Waals surface area contributed by atoms with E-state index in [1.807, 2.05) is 0 Å². The summed E-state index contributed by atoms with van der Waals surface area (Å²) in [6, 6.07) is 4.00. The van der Waals surface area contributed by atoms with E-state index in [1.165, 1.54) is 18.2 Å². The topological polar surface area (TPSA) is 105 Å². The summed E-state index contributed by atoms with van der Waals surface area (Å²) in [7, 11) is -4.83. The van der Waals surface area contributed by atoms with Crippen LogP contribution in [0.4, 0.5) is 14.5 Å². The number of alkyl halides is 2. The molecule has 0 aliphatic rings. The SMILES string of the molecule is N/C(=N/O)c1ccc(Br)cc1NS(=O)(=O)C(F)F. The van der Waals surface area contributed by atoms with Gasteiger partial charge in [0.05, 0.1) is 5.69 Å². The average Bonchev–Trinajstić information content (AvgIpc) is 2.27. The highest BCUT2D eigenvalue weighted by Gasteiger charge is 2.25. The van der Waals surface area contributed by atoms with E-state index in [0.29, 0.717) is 4.47 Å². The second-order valence-electron chi connectivity index (χ2n) is 3.08. The molecule has 0 heterocycles. The molecule has 18 heavy (non-hydrogen) atoms. The van der Waals surface area contributed by atoms with Crippen LogP contribution in [0.3, 0.4) is 0 Å². The number of amidine groups is 1. The Labute approximate surface area is 110 Å². The van der Waals surface area contributed by atoms with E-state index in [-0.39, 0.29) is 11.3 Å². The molecule has 6 nitrogen and oxygen atoms in total. The first kappa shape index (κ1) is 14.6. The van der Waals surface area contributed by atoms with Gasteiger partial charge in [-0.1, -0.05) is 21.1 Å². The number of benzene rings is 1. The number of oxime groups is 1. The number of rotatable bonds is 4. The number of hydrogen-bond acceptors (Lipinski definition) is 4. The number of nitrogens with two attached hydrogens (primary N) is 1. The maximum absolute atomic E-state index is 12.2. The summed E-state index contributed by atoms with van der Waals surface area (Å²) in [5.74, 6) is -3.99. The fourth-order valence-corrected chi connectivity index (χ4v) is 2.00. The molecule has 0 radical (unpaired) electrons. The minimum absolute atomic E-state index is 0.0232. The van der Waals surface area contributed by atoms with E-state index < -0.39 is 21.6 Å². The van der Waals surface area contributed by atoms with Gasteiger partial charge in [-0.3, -0.25) is 4.72 Å². The lowest BCUT2D eigenvalue weighted by molar-refractivity contribution is 0.236. The summed E-state index contributed by atoms with van der Waals surface area (Å²) in [5.41, 5.74) is 5.06. The van der Waals surface area contributed by atoms with Crippen LogP contribution in [0.15, 0.2) is 27.8 Å². The van der Waals surface area contributed by atoms with Gasteiger partial charge in [-0.15, -0.1) is 0 Å². The molecular formula is C8H8BrF2N3O3S. The maximum atomic E-state index is 12.2. The second kappa shape index (κ2) is 5.48. The van der Waals surface area contributed by atoms with Gasteiger partial charge in [0, 0.05) is 10.0 Å². The zero-order chi connectivity index (χ0) is 13.9. The molecule has 0 aromatic heterocycles. The zero-order valence-electron chi connectivity index (χ0n) is 8.64. The molecule has 0 saturated carbocycles. The Morgan fingerprint density at radius 2 is 2.11 bits per heavy atom. The number of nitrogens with zero attached hydrogens (tertiary/aromatic N) is 1. The molecule has 1 aromatic carbocycles. The molecule has 1 rings (SSSR count). The predicted molar refractivity (Wildman–Crippen MR) is 65.2 cm³/mol. The van der Waals surface area contributed by atoms with E-state index in [9.17, 15) is 17.2 Å². The van der Waals surface area contributed by atoms with Crippen molar-refractivity contribution in [2.75, 3.05) is 4.72 Å². The third kappa shape index (κ3) is 3.29. The highest BCUT2D eigenvalue weighted by atomic mass is 79.9. The number of sulfonamides is 1. The first-order valence-electron chi connectivity index (χ1n) is 4.35. The summed E-state index contributed by atoms with van der Waals surface area (Å²) in [6.07, 6.45) is 0. The number of hydrogen-bond donors (Lipinski definition) is 3. The van der Waals surface area contributed by atoms with Crippen molar-refractivity contribution in [2.45, 2.75) is 5.76 Å². The van der Waals surface area contributed by atoms with Crippen LogP contribution >= 0.6 is 15.9 Å². The molecule has 0 unspecified atom stereocenters. The molecule has 4 N–H and O–H groups in total. The van der Waals surface area contributed by atoms with Crippen molar-refractivity contribution < 1.29 is 22.4 Å². The van der Waals surface area contributed by atoms with E-state index in [0.717, 1.165) is 0 Å². The van der Waals surface area contributed by atoms with Crippen molar-refractivity contribution in [3.63, 3.8) is 0 Å². The normalized spacial score (nSPS) is 12.8. The Kier molecular flexibility index (Phi) is 4.46. The summed E-state index contributed by atoms with van der Waals surface area (Å²) >= 11 is 3.05. The molecule has 0 amide bonds. The lowest BCUT2D eigenvalue weighted by Crippen LogP contribution is -2.23. The number of nitrogens with one attached hydrogen (secondary N) is 1. The van der Waals surface area contributed by atoms with Crippen LogP contribution in [0.5, 0.6) is 0 Å². The first-order chi connectivity index (χ1) is 8.27. The minimum Gasteiger partial charge on any atom is -0.409 e. The van der Waals surface area contributed by atoms with E-state index in [1.54, 1.807) is 4.72 Å². The van der Waals surface area contributed by atoms with E-state index >= 15 is 0 Å². The van der Waals surface area contributed by atoms with Gasteiger partial charge in [0.25, 0.3) is 10.0 Å². The monoisotopic (exact) mass is 343 g/mol. The minimum atomic E-state index is -4.83. The van der Waals surface area contributed by atoms with Crippen LogP contribution in [0.1, 0.15) is 5.56 Å². The Hall–Kier alpha value is -1.42. The molecule has 0 atom stereocenters. The Balaban J connectivity index is 3.27.